The molecule has 6 heteroatoms. The molecule has 0 amide bonds. The van der Waals surface area contributed by atoms with E-state index >= 15 is 0 Å². The van der Waals surface area contributed by atoms with Crippen LogP contribution >= 0.6 is 23.2 Å². The average Bonchev–Trinajstić information content (AvgIpc) is 2.44. The van der Waals surface area contributed by atoms with Crippen LogP contribution in [0.25, 0.3) is 0 Å². The van der Waals surface area contributed by atoms with E-state index in [1.54, 1.807) is 12.1 Å². The number of alkyl halides is 1. The van der Waals surface area contributed by atoms with E-state index in [0.29, 0.717) is 11.3 Å². The minimum Gasteiger partial charge on any atom is -0.497 e. The molecule has 0 aliphatic carbocycles. The first kappa shape index (κ1) is 15.0. The molecular weight excluding hydrogens is 312 g/mol. The molecule has 2 aromatic carbocycles. The largest absolute Gasteiger partial charge is 0.497 e. The minimum absolute atomic E-state index is 0.183. The first-order valence-corrected chi connectivity index (χ1v) is 6.38. The van der Waals surface area contributed by atoms with Crippen molar-refractivity contribution < 1.29 is 17.9 Å². The van der Waals surface area contributed by atoms with Crippen LogP contribution in [0.15, 0.2) is 30.3 Å². The smallest absolute Gasteiger partial charge is 0.194 e. The summed E-state index contributed by atoms with van der Waals surface area (Å²) in [6, 6.07) is 6.55. The molecule has 0 aromatic heterocycles. The third-order valence-electron chi connectivity index (χ3n) is 2.82. The molecule has 2 aromatic rings. The summed E-state index contributed by atoms with van der Waals surface area (Å²) >= 11 is 12.1. The summed E-state index contributed by atoms with van der Waals surface area (Å²) in [7, 11) is 1.47. The Labute approximate surface area is 123 Å². The van der Waals surface area contributed by atoms with E-state index in [1.807, 2.05) is 0 Å². The lowest BCUT2D eigenvalue weighted by Crippen LogP contribution is -2.02. The first-order chi connectivity index (χ1) is 9.45. The maximum absolute atomic E-state index is 13.7. The van der Waals surface area contributed by atoms with E-state index in [0.717, 1.165) is 12.1 Å². The van der Waals surface area contributed by atoms with Gasteiger partial charge in [-0.1, -0.05) is 23.7 Å². The van der Waals surface area contributed by atoms with E-state index in [9.17, 15) is 13.2 Å². The SMILES string of the molecule is COc1ccc(C(Cl)c2ccc(F)c(F)c2F)c(Cl)c1. The Hall–Kier alpha value is -1.39. The highest BCUT2D eigenvalue weighted by molar-refractivity contribution is 6.33. The van der Waals surface area contributed by atoms with Gasteiger partial charge in [0.1, 0.15) is 5.75 Å². The summed E-state index contributed by atoms with van der Waals surface area (Å²) in [5.74, 6) is -3.64. The van der Waals surface area contributed by atoms with Gasteiger partial charge in [0.05, 0.1) is 12.5 Å². The lowest BCUT2D eigenvalue weighted by atomic mass is 10.0. The van der Waals surface area contributed by atoms with Crippen molar-refractivity contribution >= 4 is 23.2 Å². The number of rotatable bonds is 3. The Kier molecular flexibility index (Phi) is 4.45. The Morgan fingerprint density at radius 2 is 1.65 bits per heavy atom. The number of ether oxygens (including phenoxy) is 1. The van der Waals surface area contributed by atoms with E-state index in [1.165, 1.54) is 13.2 Å². The van der Waals surface area contributed by atoms with Gasteiger partial charge in [0.15, 0.2) is 17.5 Å². The predicted octanol–water partition coefficient (Wildman–Crippen LogP) is 5.09. The molecule has 1 atom stereocenters. The van der Waals surface area contributed by atoms with Crippen LogP contribution in [0.3, 0.4) is 0 Å². The summed E-state index contributed by atoms with van der Waals surface area (Å²) in [4.78, 5) is 0. The van der Waals surface area contributed by atoms with Gasteiger partial charge >= 0.3 is 0 Å². The molecule has 1 unspecified atom stereocenters. The molecular formula is C14H9Cl2F3O. The van der Waals surface area contributed by atoms with Crippen molar-refractivity contribution in [2.75, 3.05) is 7.11 Å². The fraction of sp³-hybridized carbons (Fsp3) is 0.143. The van der Waals surface area contributed by atoms with Gasteiger partial charge in [0.25, 0.3) is 0 Å². The van der Waals surface area contributed by atoms with Crippen molar-refractivity contribution in [1.29, 1.82) is 0 Å². The van der Waals surface area contributed by atoms with Crippen molar-refractivity contribution in [2.45, 2.75) is 5.38 Å². The van der Waals surface area contributed by atoms with Crippen LogP contribution in [0.1, 0.15) is 16.5 Å². The van der Waals surface area contributed by atoms with Gasteiger partial charge in [-0.05, 0) is 23.8 Å². The molecule has 2 rings (SSSR count). The molecule has 0 fully saturated rings. The first-order valence-electron chi connectivity index (χ1n) is 5.56. The zero-order chi connectivity index (χ0) is 14.9. The highest BCUT2D eigenvalue weighted by Crippen LogP contribution is 2.37. The molecule has 1 nitrogen and oxygen atoms in total. The molecule has 0 N–H and O–H groups in total. The summed E-state index contributed by atoms with van der Waals surface area (Å²) in [5, 5.41) is -0.794. The molecule has 0 spiro atoms. The summed E-state index contributed by atoms with van der Waals surface area (Å²) < 4.78 is 44.8. The molecule has 0 radical (unpaired) electrons. The Morgan fingerprint density at radius 1 is 1.00 bits per heavy atom. The fourth-order valence-corrected chi connectivity index (χ4v) is 2.44. The van der Waals surface area contributed by atoms with E-state index in [4.69, 9.17) is 27.9 Å². The van der Waals surface area contributed by atoms with E-state index < -0.39 is 22.8 Å². The Bertz CT molecular complexity index is 647. The van der Waals surface area contributed by atoms with Gasteiger partial charge in [0, 0.05) is 10.6 Å². The maximum Gasteiger partial charge on any atom is 0.194 e. The second kappa shape index (κ2) is 5.94. The van der Waals surface area contributed by atoms with Gasteiger partial charge in [-0.2, -0.15) is 0 Å². The second-order valence-corrected chi connectivity index (χ2v) is 4.86. The molecule has 0 saturated carbocycles. The van der Waals surface area contributed by atoms with Crippen LogP contribution in [0.4, 0.5) is 13.2 Å². The molecule has 0 aliphatic heterocycles. The van der Waals surface area contributed by atoms with Gasteiger partial charge in [-0.3, -0.25) is 0 Å². The fourth-order valence-electron chi connectivity index (χ4n) is 1.74. The van der Waals surface area contributed by atoms with Crippen LogP contribution in [0, 0.1) is 17.5 Å². The Morgan fingerprint density at radius 3 is 2.25 bits per heavy atom. The van der Waals surface area contributed by atoms with Crippen LogP contribution in [-0.4, -0.2) is 7.11 Å². The number of methoxy groups -OCH3 is 1. The van der Waals surface area contributed by atoms with Crippen molar-refractivity contribution in [2.24, 2.45) is 0 Å². The summed E-state index contributed by atoms with van der Waals surface area (Å²) in [6.45, 7) is 0. The number of halogens is 5. The maximum atomic E-state index is 13.7. The minimum atomic E-state index is -1.56. The van der Waals surface area contributed by atoms with Crippen molar-refractivity contribution in [3.63, 3.8) is 0 Å². The molecule has 20 heavy (non-hydrogen) atoms. The van der Waals surface area contributed by atoms with Crippen LogP contribution in [0.5, 0.6) is 5.75 Å². The van der Waals surface area contributed by atoms with Crippen molar-refractivity contribution in [1.82, 2.24) is 0 Å². The topological polar surface area (TPSA) is 9.23 Å². The Balaban J connectivity index is 2.46. The molecule has 106 valence electrons. The summed E-state index contributed by atoms with van der Waals surface area (Å²) in [6.07, 6.45) is 0. The highest BCUT2D eigenvalue weighted by Gasteiger charge is 2.22. The van der Waals surface area contributed by atoms with Crippen LogP contribution in [-0.2, 0) is 0 Å². The van der Waals surface area contributed by atoms with E-state index in [2.05, 4.69) is 0 Å². The normalized spacial score (nSPS) is 12.3. The number of benzene rings is 2. The molecule has 0 heterocycles. The van der Waals surface area contributed by atoms with Gasteiger partial charge in [-0.15, -0.1) is 11.6 Å². The van der Waals surface area contributed by atoms with Gasteiger partial charge in [0.2, 0.25) is 0 Å². The zero-order valence-electron chi connectivity index (χ0n) is 10.3. The van der Waals surface area contributed by atoms with Gasteiger partial charge in [-0.25, -0.2) is 13.2 Å². The molecule has 0 saturated heterocycles. The lowest BCUT2D eigenvalue weighted by Gasteiger charge is -2.14. The quantitative estimate of drug-likeness (QED) is 0.565. The summed E-state index contributed by atoms with van der Waals surface area (Å²) in [5.41, 5.74) is 0.191. The van der Waals surface area contributed by atoms with Crippen LogP contribution in [0.2, 0.25) is 5.02 Å². The van der Waals surface area contributed by atoms with E-state index in [-0.39, 0.29) is 10.6 Å². The van der Waals surface area contributed by atoms with Crippen LogP contribution < -0.4 is 4.74 Å². The third kappa shape index (κ3) is 2.72. The highest BCUT2D eigenvalue weighted by atomic mass is 35.5. The predicted molar refractivity (Wildman–Crippen MR) is 72.0 cm³/mol. The number of hydrogen-bond donors (Lipinski definition) is 0. The lowest BCUT2D eigenvalue weighted by molar-refractivity contribution is 0.414. The average molecular weight is 321 g/mol. The standard InChI is InChI=1S/C14H9Cl2F3O/c1-20-7-2-3-8(10(15)6-7)12(16)9-4-5-11(17)14(19)13(9)18/h2-6,12H,1H3. The van der Waals surface area contributed by atoms with Gasteiger partial charge < -0.3 is 4.74 Å². The zero-order valence-corrected chi connectivity index (χ0v) is 11.8. The number of hydrogen-bond acceptors (Lipinski definition) is 1. The monoisotopic (exact) mass is 320 g/mol. The van der Waals surface area contributed by atoms with Crippen molar-refractivity contribution in [3.8, 4) is 5.75 Å². The second-order valence-electron chi connectivity index (χ2n) is 4.01. The molecule has 0 aliphatic rings. The molecule has 0 bridgehead atoms. The third-order valence-corrected chi connectivity index (χ3v) is 3.62. The van der Waals surface area contributed by atoms with Crippen molar-refractivity contribution in [3.05, 3.63) is 63.9 Å².